The van der Waals surface area contributed by atoms with Gasteiger partial charge >= 0.3 is 5.97 Å². The average Bonchev–Trinajstić information content (AvgIpc) is 2.00. The quantitative estimate of drug-likeness (QED) is 0.233. The third kappa shape index (κ3) is 5.98. The Hall–Kier alpha value is -0.436. The summed E-state index contributed by atoms with van der Waals surface area (Å²) in [6.45, 7) is 3.20. The minimum absolute atomic E-state index is 0.448. The van der Waals surface area contributed by atoms with E-state index >= 15 is 0 Å². The van der Waals surface area contributed by atoms with Gasteiger partial charge in [-0.05, 0) is 0 Å². The van der Waals surface area contributed by atoms with Gasteiger partial charge in [-0.3, -0.25) is 0 Å². The van der Waals surface area contributed by atoms with E-state index in [0.717, 1.165) is 6.08 Å². The lowest BCUT2D eigenvalue weighted by Gasteiger charge is -2.08. The molecular formula is C5H12O4Si2. The molecule has 4 nitrogen and oxygen atoms in total. The normalized spacial score (nSPS) is 13.5. The van der Waals surface area contributed by atoms with Gasteiger partial charge in [0.2, 0.25) is 0 Å². The molecule has 0 amide bonds. The topological polar surface area (TPSA) is 55.8 Å². The van der Waals surface area contributed by atoms with Crippen LogP contribution in [-0.4, -0.2) is 37.6 Å². The van der Waals surface area contributed by atoms with Crippen LogP contribution in [-0.2, 0) is 13.6 Å². The molecule has 0 aliphatic carbocycles. The monoisotopic (exact) mass is 192 g/mol. The van der Waals surface area contributed by atoms with Crippen LogP contribution in [0.3, 0.4) is 0 Å². The molecule has 0 bridgehead atoms. The van der Waals surface area contributed by atoms with E-state index in [1.807, 2.05) is 0 Å². The number of hydrogen-bond donors (Lipinski definition) is 1. The van der Waals surface area contributed by atoms with Crippen LogP contribution in [0.2, 0.25) is 6.04 Å². The van der Waals surface area contributed by atoms with E-state index in [1.54, 1.807) is 0 Å². The summed E-state index contributed by atoms with van der Waals surface area (Å²) in [7, 11) is 0.00805. The highest BCUT2D eigenvalue weighted by molar-refractivity contribution is 6.34. The maximum atomic E-state index is 10.5. The molecule has 1 N–H and O–H groups in total. The van der Waals surface area contributed by atoms with Crippen molar-refractivity contribution in [3.05, 3.63) is 12.7 Å². The number of rotatable bonds is 5. The Labute approximate surface area is 70.7 Å². The molecular weight excluding hydrogens is 180 g/mol. The van der Waals surface area contributed by atoms with Crippen LogP contribution < -0.4 is 0 Å². The van der Waals surface area contributed by atoms with Crippen molar-refractivity contribution >= 4 is 26.2 Å². The van der Waals surface area contributed by atoms with Gasteiger partial charge in [0.1, 0.15) is 10.5 Å². The molecule has 0 rings (SSSR count). The molecule has 0 spiro atoms. The lowest BCUT2D eigenvalue weighted by atomic mass is 10.6. The van der Waals surface area contributed by atoms with E-state index in [2.05, 4.69) is 11.3 Å². The molecule has 0 saturated heterocycles. The highest BCUT2D eigenvalue weighted by Crippen LogP contribution is 1.94. The molecule has 0 fully saturated rings. The van der Waals surface area contributed by atoms with Gasteiger partial charge in [0, 0.05) is 12.1 Å². The lowest BCUT2D eigenvalue weighted by molar-refractivity contribution is -0.158. The highest BCUT2D eigenvalue weighted by atomic mass is 28.3. The first-order valence-electron chi connectivity index (χ1n) is 3.20. The molecule has 11 heavy (non-hydrogen) atoms. The fourth-order valence-corrected chi connectivity index (χ4v) is 1.72. The maximum Gasteiger partial charge on any atom is 0.332 e. The lowest BCUT2D eigenvalue weighted by Crippen LogP contribution is -2.18. The Bertz CT molecular complexity index is 138. The van der Waals surface area contributed by atoms with E-state index in [1.165, 1.54) is 0 Å². The summed E-state index contributed by atoms with van der Waals surface area (Å²) < 4.78 is 9.40. The summed E-state index contributed by atoms with van der Waals surface area (Å²) >= 11 is 0. The summed E-state index contributed by atoms with van der Waals surface area (Å²) in [5.41, 5.74) is 0. The molecule has 0 aliphatic rings. The minimum Gasteiger partial charge on any atom is -0.468 e. The Balaban J connectivity index is 3.43. The van der Waals surface area contributed by atoms with Crippen LogP contribution in [0.5, 0.6) is 0 Å². The predicted molar refractivity (Wildman–Crippen MR) is 46.7 cm³/mol. The highest BCUT2D eigenvalue weighted by Gasteiger charge is 2.06. The van der Waals surface area contributed by atoms with Gasteiger partial charge in [-0.1, -0.05) is 6.58 Å². The fraction of sp³-hybridized carbons (Fsp3) is 0.400. The Morgan fingerprint density at radius 1 is 1.91 bits per heavy atom. The number of aliphatic hydroxyl groups excluding tert-OH is 1. The van der Waals surface area contributed by atoms with E-state index in [-0.39, 0.29) is 0 Å². The number of ether oxygens (including phenoxy) is 1. The zero-order valence-electron chi connectivity index (χ0n) is 6.45. The van der Waals surface area contributed by atoms with Crippen molar-refractivity contribution in [1.82, 2.24) is 0 Å². The van der Waals surface area contributed by atoms with Gasteiger partial charge in [0.25, 0.3) is 0 Å². The zero-order chi connectivity index (χ0) is 8.69. The SMILES string of the molecule is C=CC(=O)OC(O)C[SiH2]O[SiH3]. The zero-order valence-corrected chi connectivity index (χ0v) is 9.86. The maximum absolute atomic E-state index is 10.5. The first-order valence-corrected chi connectivity index (χ1v) is 5.60. The van der Waals surface area contributed by atoms with Crippen molar-refractivity contribution in [3.63, 3.8) is 0 Å². The summed E-state index contributed by atoms with van der Waals surface area (Å²) in [5, 5.41) is 8.96. The van der Waals surface area contributed by atoms with Crippen molar-refractivity contribution in [2.75, 3.05) is 0 Å². The Morgan fingerprint density at radius 3 is 3.00 bits per heavy atom. The van der Waals surface area contributed by atoms with Gasteiger partial charge in [0.15, 0.2) is 16.1 Å². The van der Waals surface area contributed by atoms with E-state index in [9.17, 15) is 4.79 Å². The molecule has 0 aliphatic heterocycles. The van der Waals surface area contributed by atoms with E-state index in [0.29, 0.717) is 16.5 Å². The molecule has 0 aromatic heterocycles. The van der Waals surface area contributed by atoms with Crippen LogP contribution in [0.25, 0.3) is 0 Å². The fourth-order valence-electron chi connectivity index (χ4n) is 0.460. The number of hydrogen-bond acceptors (Lipinski definition) is 4. The van der Waals surface area contributed by atoms with Crippen molar-refractivity contribution in [1.29, 1.82) is 0 Å². The summed E-state index contributed by atoms with van der Waals surface area (Å²) in [6.07, 6.45) is 0.00731. The molecule has 6 heteroatoms. The summed E-state index contributed by atoms with van der Waals surface area (Å²) in [4.78, 5) is 10.5. The van der Waals surface area contributed by atoms with Crippen LogP contribution in [0.15, 0.2) is 12.7 Å². The molecule has 64 valence electrons. The van der Waals surface area contributed by atoms with Crippen LogP contribution in [0, 0.1) is 0 Å². The number of esters is 1. The van der Waals surface area contributed by atoms with Crippen molar-refractivity contribution in [2.45, 2.75) is 12.3 Å². The second-order valence-electron chi connectivity index (χ2n) is 1.88. The third-order valence-electron chi connectivity index (χ3n) is 0.988. The molecule has 0 radical (unpaired) electrons. The molecule has 1 atom stereocenters. The van der Waals surface area contributed by atoms with E-state index < -0.39 is 22.0 Å². The van der Waals surface area contributed by atoms with E-state index in [4.69, 9.17) is 9.22 Å². The first-order chi connectivity index (χ1) is 5.20. The standard InChI is InChI=1S/C5H12O4Si2/c1-2-4(6)8-5(7)3-11-9-10/h2,5,7H,1,3,11H2,10H3. The predicted octanol–water partition coefficient (Wildman–Crippen LogP) is -2.17. The largest absolute Gasteiger partial charge is 0.468 e. The average molecular weight is 192 g/mol. The number of carbonyl (C=O) groups is 1. The minimum atomic E-state index is -1.01. The second kappa shape index (κ2) is 6.29. The Kier molecular flexibility index (Phi) is 6.04. The summed E-state index contributed by atoms with van der Waals surface area (Å²) in [6, 6.07) is 0.448. The van der Waals surface area contributed by atoms with Crippen LogP contribution >= 0.6 is 0 Å². The Morgan fingerprint density at radius 2 is 2.55 bits per heavy atom. The molecule has 0 aromatic carbocycles. The molecule has 1 unspecified atom stereocenters. The van der Waals surface area contributed by atoms with Crippen LogP contribution in [0.1, 0.15) is 0 Å². The van der Waals surface area contributed by atoms with Gasteiger partial charge in [-0.25, -0.2) is 4.79 Å². The molecule has 0 aromatic rings. The first kappa shape index (κ1) is 10.6. The van der Waals surface area contributed by atoms with Crippen molar-refractivity contribution in [3.8, 4) is 0 Å². The molecule has 0 saturated carbocycles. The van der Waals surface area contributed by atoms with Gasteiger partial charge in [0.05, 0.1) is 0 Å². The van der Waals surface area contributed by atoms with Crippen molar-refractivity contribution < 1.29 is 18.8 Å². The third-order valence-corrected chi connectivity index (χ3v) is 3.35. The van der Waals surface area contributed by atoms with Gasteiger partial charge in [-0.2, -0.15) is 0 Å². The number of carbonyl (C=O) groups excluding carboxylic acids is 1. The van der Waals surface area contributed by atoms with Gasteiger partial charge < -0.3 is 14.0 Å². The molecule has 0 heterocycles. The van der Waals surface area contributed by atoms with Crippen LogP contribution in [0.4, 0.5) is 0 Å². The van der Waals surface area contributed by atoms with Crippen molar-refractivity contribution in [2.24, 2.45) is 0 Å². The number of aliphatic hydroxyl groups is 1. The smallest absolute Gasteiger partial charge is 0.332 e. The second-order valence-corrected chi connectivity index (χ2v) is 5.17. The summed E-state index contributed by atoms with van der Waals surface area (Å²) in [5.74, 6) is -0.597. The van der Waals surface area contributed by atoms with Gasteiger partial charge in [-0.15, -0.1) is 0 Å².